The number of para-hydroxylation sites is 1. The average Bonchev–Trinajstić information content (AvgIpc) is 2.50. The van der Waals surface area contributed by atoms with E-state index in [9.17, 15) is 4.39 Å². The smallest absolute Gasteiger partial charge is 0.170 e. The van der Waals surface area contributed by atoms with E-state index in [4.69, 9.17) is 28.6 Å². The van der Waals surface area contributed by atoms with Gasteiger partial charge in [-0.15, -0.1) is 0 Å². The molecule has 2 rings (SSSR count). The Hall–Kier alpha value is -1.85. The second kappa shape index (κ2) is 7.96. The quantitative estimate of drug-likeness (QED) is 0.633. The lowest BCUT2D eigenvalue weighted by atomic mass is 10.2. The van der Waals surface area contributed by atoms with Crippen molar-refractivity contribution in [3.8, 4) is 5.75 Å². The second-order valence-corrected chi connectivity index (χ2v) is 5.39. The van der Waals surface area contributed by atoms with E-state index in [0.29, 0.717) is 23.3 Å². The molecule has 0 aliphatic heterocycles. The van der Waals surface area contributed by atoms with Crippen LogP contribution in [-0.4, -0.2) is 18.3 Å². The van der Waals surface area contributed by atoms with Crippen LogP contribution in [0.25, 0.3) is 0 Å². The molecule has 0 aromatic heterocycles. The summed E-state index contributed by atoms with van der Waals surface area (Å²) in [4.78, 5) is 0. The molecule has 2 aromatic carbocycles. The van der Waals surface area contributed by atoms with Crippen molar-refractivity contribution in [1.82, 2.24) is 5.32 Å². The minimum Gasteiger partial charge on any atom is -0.489 e. The highest BCUT2D eigenvalue weighted by molar-refractivity contribution is 7.80. The third-order valence-electron chi connectivity index (χ3n) is 3.00. The summed E-state index contributed by atoms with van der Waals surface area (Å²) in [6.45, 7) is 2.67. The third-order valence-corrected chi connectivity index (χ3v) is 3.65. The summed E-state index contributed by atoms with van der Waals surface area (Å²) in [6.07, 6.45) is 0. The van der Waals surface area contributed by atoms with Gasteiger partial charge in [-0.25, -0.2) is 4.39 Å². The summed E-state index contributed by atoms with van der Waals surface area (Å²) >= 11 is 11.2. The Morgan fingerprint density at radius 2 is 2.00 bits per heavy atom. The molecule has 0 heterocycles. The molecule has 3 nitrogen and oxygen atoms in total. The molecule has 0 saturated heterocycles. The number of rotatable bonds is 5. The molecule has 0 aliphatic rings. The number of anilines is 1. The maximum absolute atomic E-state index is 13.3. The zero-order valence-electron chi connectivity index (χ0n) is 12.0. The van der Waals surface area contributed by atoms with Crippen LogP contribution >= 0.6 is 23.8 Å². The topological polar surface area (TPSA) is 33.3 Å². The minimum atomic E-state index is -0.377. The molecule has 0 amide bonds. The van der Waals surface area contributed by atoms with Crippen LogP contribution in [0.15, 0.2) is 42.5 Å². The summed E-state index contributed by atoms with van der Waals surface area (Å²) in [7, 11) is 0. The molecular formula is C16H16ClFN2OS. The van der Waals surface area contributed by atoms with Gasteiger partial charge < -0.3 is 15.4 Å². The molecule has 0 spiro atoms. The molecule has 0 saturated carbocycles. The van der Waals surface area contributed by atoms with E-state index < -0.39 is 0 Å². The number of hydrogen-bond donors (Lipinski definition) is 2. The SMILES string of the molecule is Cc1c(Cl)cccc1NC(=S)NCCOc1ccccc1F. The van der Waals surface area contributed by atoms with Crippen molar-refractivity contribution in [1.29, 1.82) is 0 Å². The fourth-order valence-corrected chi connectivity index (χ4v) is 2.18. The number of hydrogen-bond acceptors (Lipinski definition) is 2. The van der Waals surface area contributed by atoms with E-state index in [2.05, 4.69) is 10.6 Å². The normalized spacial score (nSPS) is 10.1. The zero-order chi connectivity index (χ0) is 15.9. The van der Waals surface area contributed by atoms with Crippen molar-refractivity contribution in [2.75, 3.05) is 18.5 Å². The van der Waals surface area contributed by atoms with Crippen molar-refractivity contribution in [2.24, 2.45) is 0 Å². The highest BCUT2D eigenvalue weighted by atomic mass is 35.5. The van der Waals surface area contributed by atoms with Crippen LogP contribution in [0.3, 0.4) is 0 Å². The first kappa shape index (κ1) is 16.5. The van der Waals surface area contributed by atoms with Gasteiger partial charge in [0.25, 0.3) is 0 Å². The van der Waals surface area contributed by atoms with Crippen molar-refractivity contribution >= 4 is 34.6 Å². The van der Waals surface area contributed by atoms with Gasteiger partial charge in [-0.1, -0.05) is 29.8 Å². The molecule has 0 atom stereocenters. The Bertz CT molecular complexity index is 666. The van der Waals surface area contributed by atoms with Crippen molar-refractivity contribution in [3.05, 3.63) is 58.9 Å². The van der Waals surface area contributed by atoms with Gasteiger partial charge in [0.05, 0.1) is 6.54 Å². The van der Waals surface area contributed by atoms with Gasteiger partial charge in [-0.3, -0.25) is 0 Å². The number of ether oxygens (including phenoxy) is 1. The first-order valence-electron chi connectivity index (χ1n) is 6.75. The number of benzene rings is 2. The van der Waals surface area contributed by atoms with Crippen LogP contribution in [0, 0.1) is 12.7 Å². The number of thiocarbonyl (C=S) groups is 1. The van der Waals surface area contributed by atoms with Crippen molar-refractivity contribution in [2.45, 2.75) is 6.92 Å². The summed E-state index contributed by atoms with van der Waals surface area (Å²) in [5, 5.41) is 7.20. The second-order valence-electron chi connectivity index (χ2n) is 4.57. The molecule has 0 aliphatic carbocycles. The Morgan fingerprint density at radius 1 is 1.23 bits per heavy atom. The Balaban J connectivity index is 1.76. The van der Waals surface area contributed by atoms with E-state index >= 15 is 0 Å². The predicted octanol–water partition coefficient (Wildman–Crippen LogP) is 4.15. The van der Waals surface area contributed by atoms with Crippen LogP contribution in [0.4, 0.5) is 10.1 Å². The summed E-state index contributed by atoms with van der Waals surface area (Å²) in [6, 6.07) is 11.8. The number of nitrogens with one attached hydrogen (secondary N) is 2. The molecule has 22 heavy (non-hydrogen) atoms. The lowest BCUT2D eigenvalue weighted by Crippen LogP contribution is -2.32. The summed E-state index contributed by atoms with van der Waals surface area (Å²) in [5.74, 6) is -0.147. The maximum Gasteiger partial charge on any atom is 0.170 e. The molecule has 0 radical (unpaired) electrons. The van der Waals surface area contributed by atoms with E-state index in [-0.39, 0.29) is 11.6 Å². The molecule has 2 aromatic rings. The maximum atomic E-state index is 13.3. The highest BCUT2D eigenvalue weighted by Gasteiger charge is 2.04. The van der Waals surface area contributed by atoms with E-state index in [1.54, 1.807) is 18.2 Å². The van der Waals surface area contributed by atoms with Crippen molar-refractivity contribution < 1.29 is 9.13 Å². The first-order valence-corrected chi connectivity index (χ1v) is 7.54. The molecule has 0 fully saturated rings. The fraction of sp³-hybridized carbons (Fsp3) is 0.188. The van der Waals surface area contributed by atoms with Gasteiger partial charge in [0.1, 0.15) is 6.61 Å². The number of halogens is 2. The average molecular weight is 339 g/mol. The predicted molar refractivity (Wildman–Crippen MR) is 92.3 cm³/mol. The van der Waals surface area contributed by atoms with Gasteiger partial charge in [0.15, 0.2) is 16.7 Å². The standard InChI is InChI=1S/C16H16ClFN2OS/c1-11-12(17)5-4-7-14(11)20-16(22)19-9-10-21-15-8-3-2-6-13(15)18/h2-8H,9-10H2,1H3,(H2,19,20,22). The Labute approximate surface area is 139 Å². The highest BCUT2D eigenvalue weighted by Crippen LogP contribution is 2.22. The van der Waals surface area contributed by atoms with Gasteiger partial charge in [0, 0.05) is 10.7 Å². The molecule has 0 bridgehead atoms. The molecule has 116 valence electrons. The molecule has 6 heteroatoms. The largest absolute Gasteiger partial charge is 0.489 e. The fourth-order valence-electron chi connectivity index (χ4n) is 1.80. The van der Waals surface area contributed by atoms with Gasteiger partial charge in [-0.2, -0.15) is 0 Å². The molecular weight excluding hydrogens is 323 g/mol. The summed E-state index contributed by atoms with van der Waals surface area (Å²) in [5.41, 5.74) is 1.77. The van der Waals surface area contributed by atoms with Crippen LogP contribution in [-0.2, 0) is 0 Å². The van der Waals surface area contributed by atoms with Gasteiger partial charge in [-0.05, 0) is 49.0 Å². The van der Waals surface area contributed by atoms with Crippen LogP contribution in [0.1, 0.15) is 5.56 Å². The van der Waals surface area contributed by atoms with E-state index in [0.717, 1.165) is 11.3 Å². The Morgan fingerprint density at radius 3 is 2.77 bits per heavy atom. The molecule has 2 N–H and O–H groups in total. The van der Waals surface area contributed by atoms with Crippen LogP contribution in [0.2, 0.25) is 5.02 Å². The summed E-state index contributed by atoms with van der Waals surface area (Å²) < 4.78 is 18.7. The lowest BCUT2D eigenvalue weighted by molar-refractivity contribution is 0.306. The van der Waals surface area contributed by atoms with Crippen LogP contribution in [0.5, 0.6) is 5.75 Å². The van der Waals surface area contributed by atoms with Crippen molar-refractivity contribution in [3.63, 3.8) is 0 Å². The zero-order valence-corrected chi connectivity index (χ0v) is 13.6. The monoisotopic (exact) mass is 338 g/mol. The van der Waals surface area contributed by atoms with Gasteiger partial charge in [0.2, 0.25) is 0 Å². The Kier molecular flexibility index (Phi) is 5.98. The third kappa shape index (κ3) is 4.58. The minimum absolute atomic E-state index is 0.230. The van der Waals surface area contributed by atoms with Crippen LogP contribution < -0.4 is 15.4 Å². The first-order chi connectivity index (χ1) is 10.6. The van der Waals surface area contributed by atoms with E-state index in [1.165, 1.54) is 6.07 Å². The van der Waals surface area contributed by atoms with E-state index in [1.807, 2.05) is 25.1 Å². The molecule has 0 unspecified atom stereocenters. The van der Waals surface area contributed by atoms with Gasteiger partial charge >= 0.3 is 0 Å². The lowest BCUT2D eigenvalue weighted by Gasteiger charge is -2.13.